The van der Waals surface area contributed by atoms with Crippen molar-refractivity contribution < 1.29 is 23.0 Å². The van der Waals surface area contributed by atoms with Gasteiger partial charge in [0.25, 0.3) is 0 Å². The molecule has 180 valence electrons. The summed E-state index contributed by atoms with van der Waals surface area (Å²) in [5.74, 6) is -0.0814. The molecule has 4 rings (SSSR count). The lowest BCUT2D eigenvalue weighted by Gasteiger charge is -2.39. The minimum Gasteiger partial charge on any atom is -0.462 e. The normalized spacial score (nSPS) is 18.6. The number of ether oxygens (including phenoxy) is 1. The van der Waals surface area contributed by atoms with Gasteiger partial charge in [0.2, 0.25) is 0 Å². The molecule has 2 heterocycles. The van der Waals surface area contributed by atoms with Crippen LogP contribution in [0.1, 0.15) is 26.3 Å². The summed E-state index contributed by atoms with van der Waals surface area (Å²) in [6.45, 7) is 8.05. The second kappa shape index (κ2) is 10.5. The Labute approximate surface area is 198 Å². The minimum absolute atomic E-state index is 0.0403. The number of hydrogen-bond donors (Lipinski definition) is 2. The highest BCUT2D eigenvalue weighted by Gasteiger charge is 2.37. The fraction of sp³-hybridized carbons (Fsp3) is 0.348. The van der Waals surface area contributed by atoms with Crippen LogP contribution < -0.4 is 15.3 Å². The maximum Gasteiger partial charge on any atom is 0.320 e. The molecule has 1 fully saturated rings. The van der Waals surface area contributed by atoms with Gasteiger partial charge in [-0.05, 0) is 38.0 Å². The first kappa shape index (κ1) is 24.1. The Morgan fingerprint density at radius 2 is 2.12 bits per heavy atom. The fourth-order valence-corrected chi connectivity index (χ4v) is 4.82. The molecule has 11 heteroatoms. The zero-order chi connectivity index (χ0) is 24.2. The molecule has 0 aliphatic heterocycles. The lowest BCUT2D eigenvalue weighted by atomic mass is 9.76. The van der Waals surface area contributed by atoms with Gasteiger partial charge in [0.1, 0.15) is 30.1 Å². The van der Waals surface area contributed by atoms with Crippen LogP contribution in [0.15, 0.2) is 55.0 Å². The van der Waals surface area contributed by atoms with E-state index in [1.807, 2.05) is 30.3 Å². The van der Waals surface area contributed by atoms with Gasteiger partial charge in [-0.1, -0.05) is 24.8 Å². The van der Waals surface area contributed by atoms with E-state index in [4.69, 9.17) is 19.5 Å². The largest absolute Gasteiger partial charge is 0.462 e. The standard InChI is InChI=1S/C23H27FN5O4P/c1-14(2)32-20(30)10-28-34(33-17-7-5-4-6-8-17)31-12-16-9-19(15(16)3)29-11-18(24)21-22(25)26-13-27-23(21)29/h4-8,11,13-14,16,19,28H,3,9-10,12H2,1-2H3,(H2,25,26,27). The van der Waals surface area contributed by atoms with E-state index in [-0.39, 0.29) is 35.8 Å². The lowest BCUT2D eigenvalue weighted by molar-refractivity contribution is -0.145. The molecule has 34 heavy (non-hydrogen) atoms. The number of para-hydroxylation sites is 1. The van der Waals surface area contributed by atoms with E-state index < -0.39 is 20.3 Å². The van der Waals surface area contributed by atoms with Crippen LogP contribution in [-0.2, 0) is 14.1 Å². The Hall–Kier alpha value is -3.07. The van der Waals surface area contributed by atoms with Gasteiger partial charge in [0.15, 0.2) is 5.82 Å². The summed E-state index contributed by atoms with van der Waals surface area (Å²) < 4.78 is 33.2. The third kappa shape index (κ3) is 5.35. The molecule has 0 amide bonds. The maximum atomic E-state index is 14.4. The first-order valence-corrected chi connectivity index (χ1v) is 12.1. The van der Waals surface area contributed by atoms with Gasteiger partial charge in [-0.15, -0.1) is 0 Å². The molecule has 1 aliphatic carbocycles. The van der Waals surface area contributed by atoms with Crippen molar-refractivity contribution in [2.24, 2.45) is 5.92 Å². The van der Waals surface area contributed by atoms with E-state index in [2.05, 4.69) is 21.6 Å². The lowest BCUT2D eigenvalue weighted by Crippen LogP contribution is -2.33. The van der Waals surface area contributed by atoms with Crippen molar-refractivity contribution in [1.29, 1.82) is 0 Å². The molecule has 0 spiro atoms. The summed E-state index contributed by atoms with van der Waals surface area (Å²) in [4.78, 5) is 20.0. The number of nitrogens with two attached hydrogens (primary N) is 1. The number of nitrogens with zero attached hydrogens (tertiary/aromatic N) is 3. The second-order valence-corrected chi connectivity index (χ2v) is 9.47. The topological polar surface area (TPSA) is 114 Å². The smallest absolute Gasteiger partial charge is 0.320 e. The van der Waals surface area contributed by atoms with Crippen LogP contribution in [-0.4, -0.2) is 39.8 Å². The van der Waals surface area contributed by atoms with Crippen molar-refractivity contribution in [1.82, 2.24) is 19.6 Å². The van der Waals surface area contributed by atoms with Gasteiger partial charge < -0.3 is 24.1 Å². The zero-order valence-corrected chi connectivity index (χ0v) is 19.9. The van der Waals surface area contributed by atoms with Crippen molar-refractivity contribution in [2.45, 2.75) is 32.4 Å². The number of nitrogens with one attached hydrogen (secondary N) is 1. The van der Waals surface area contributed by atoms with Crippen molar-refractivity contribution in [3.8, 4) is 5.75 Å². The Bertz CT molecular complexity index is 1170. The average Bonchev–Trinajstić information content (AvgIpc) is 3.13. The van der Waals surface area contributed by atoms with E-state index in [1.165, 1.54) is 12.5 Å². The predicted octanol–water partition coefficient (Wildman–Crippen LogP) is 4.13. The monoisotopic (exact) mass is 487 g/mol. The maximum absolute atomic E-state index is 14.4. The number of carbonyl (C=O) groups is 1. The van der Waals surface area contributed by atoms with E-state index in [1.54, 1.807) is 18.4 Å². The van der Waals surface area contributed by atoms with Crippen LogP contribution in [0, 0.1) is 11.7 Å². The number of hydrogen-bond acceptors (Lipinski definition) is 8. The van der Waals surface area contributed by atoms with Gasteiger partial charge >= 0.3 is 14.5 Å². The van der Waals surface area contributed by atoms with Gasteiger partial charge in [-0.3, -0.25) is 4.79 Å². The third-order valence-corrected chi connectivity index (χ3v) is 6.61. The Morgan fingerprint density at radius 3 is 2.82 bits per heavy atom. The van der Waals surface area contributed by atoms with Gasteiger partial charge in [0.05, 0.1) is 24.1 Å². The van der Waals surface area contributed by atoms with E-state index in [9.17, 15) is 9.18 Å². The summed E-state index contributed by atoms with van der Waals surface area (Å²) in [5.41, 5.74) is 7.15. The first-order chi connectivity index (χ1) is 16.3. The highest BCUT2D eigenvalue weighted by molar-refractivity contribution is 7.45. The number of aromatic nitrogens is 3. The molecule has 9 nitrogen and oxygen atoms in total. The molecule has 1 saturated carbocycles. The number of esters is 1. The van der Waals surface area contributed by atoms with Crippen LogP contribution in [0.5, 0.6) is 5.75 Å². The third-order valence-electron chi connectivity index (χ3n) is 5.43. The van der Waals surface area contributed by atoms with Crippen LogP contribution in [0.25, 0.3) is 11.0 Å². The van der Waals surface area contributed by atoms with Crippen LogP contribution in [0.4, 0.5) is 10.2 Å². The molecule has 0 saturated heterocycles. The summed E-state index contributed by atoms with van der Waals surface area (Å²) in [6, 6.07) is 9.09. The molecule has 1 aromatic carbocycles. The van der Waals surface area contributed by atoms with E-state index in [0.717, 1.165) is 5.57 Å². The zero-order valence-electron chi connectivity index (χ0n) is 19.0. The predicted molar refractivity (Wildman–Crippen MR) is 127 cm³/mol. The minimum atomic E-state index is -1.61. The van der Waals surface area contributed by atoms with Crippen LogP contribution in [0.2, 0.25) is 0 Å². The molecule has 3 atom stereocenters. The summed E-state index contributed by atoms with van der Waals surface area (Å²) >= 11 is 0. The van der Waals surface area contributed by atoms with Gasteiger partial charge in [-0.2, -0.15) is 0 Å². The number of carbonyl (C=O) groups excluding carboxylic acids is 1. The van der Waals surface area contributed by atoms with Crippen molar-refractivity contribution >= 4 is 31.3 Å². The molecular weight excluding hydrogens is 460 g/mol. The van der Waals surface area contributed by atoms with Crippen molar-refractivity contribution in [3.63, 3.8) is 0 Å². The SMILES string of the molecule is C=C1C(COP(NCC(=O)OC(C)C)Oc2ccccc2)CC1n1cc(F)c2c(N)ncnc21. The molecule has 3 N–H and O–H groups in total. The first-order valence-electron chi connectivity index (χ1n) is 10.9. The summed E-state index contributed by atoms with van der Waals surface area (Å²) in [7, 11) is -1.61. The number of halogens is 1. The van der Waals surface area contributed by atoms with Gasteiger partial charge in [-0.25, -0.2) is 19.4 Å². The molecule has 2 aromatic heterocycles. The van der Waals surface area contributed by atoms with Crippen LogP contribution in [0.3, 0.4) is 0 Å². The second-order valence-electron chi connectivity index (χ2n) is 8.20. The Morgan fingerprint density at radius 1 is 1.35 bits per heavy atom. The molecule has 0 radical (unpaired) electrons. The molecule has 3 unspecified atom stereocenters. The summed E-state index contributed by atoms with van der Waals surface area (Å²) in [5, 5.41) is 3.21. The van der Waals surface area contributed by atoms with Crippen molar-refractivity contribution in [2.75, 3.05) is 18.9 Å². The molecule has 0 bridgehead atoms. The number of fused-ring (bicyclic) bond motifs is 1. The van der Waals surface area contributed by atoms with Crippen LogP contribution >= 0.6 is 8.53 Å². The number of rotatable bonds is 10. The fourth-order valence-electron chi connectivity index (χ4n) is 3.72. The highest BCUT2D eigenvalue weighted by Crippen LogP contribution is 2.46. The highest BCUT2D eigenvalue weighted by atomic mass is 31.2. The molecule has 1 aliphatic rings. The van der Waals surface area contributed by atoms with Crippen molar-refractivity contribution in [3.05, 3.63) is 60.8 Å². The quantitative estimate of drug-likeness (QED) is 0.249. The molecule has 3 aromatic rings. The van der Waals surface area contributed by atoms with E-state index in [0.29, 0.717) is 24.4 Å². The number of benzene rings is 1. The number of anilines is 1. The molecular formula is C23H27FN5O4P. The Balaban J connectivity index is 1.38. The average molecular weight is 487 g/mol. The Kier molecular flexibility index (Phi) is 7.41. The summed E-state index contributed by atoms with van der Waals surface area (Å²) in [6.07, 6.45) is 3.19. The number of nitrogen functional groups attached to an aromatic ring is 1. The van der Waals surface area contributed by atoms with Gasteiger partial charge in [0, 0.05) is 12.1 Å². The van der Waals surface area contributed by atoms with E-state index >= 15 is 0 Å².